The third-order valence-corrected chi connectivity index (χ3v) is 6.37. The highest BCUT2D eigenvalue weighted by molar-refractivity contribution is 7.15. The van der Waals surface area contributed by atoms with Crippen molar-refractivity contribution in [1.82, 2.24) is 9.88 Å². The first-order chi connectivity index (χ1) is 13.4. The fourth-order valence-electron chi connectivity index (χ4n) is 3.87. The molecule has 2 fully saturated rings. The number of rotatable bonds is 4. The molecule has 4 rings (SSSR count). The molecule has 1 amide bonds. The van der Waals surface area contributed by atoms with E-state index in [-0.39, 0.29) is 18.2 Å². The second-order valence-electron chi connectivity index (χ2n) is 7.59. The van der Waals surface area contributed by atoms with Crippen LogP contribution in [0.4, 0.5) is 0 Å². The van der Waals surface area contributed by atoms with Crippen LogP contribution in [0.2, 0.25) is 0 Å². The molecule has 0 saturated carbocycles. The van der Waals surface area contributed by atoms with Gasteiger partial charge in [-0.3, -0.25) is 4.79 Å². The van der Waals surface area contributed by atoms with E-state index in [0.717, 1.165) is 22.7 Å². The SMILES string of the molecule is Cc1ccc(-c2nc(C3CCO[C@](C)(C4CO[C@H](C)CN4C=O)O3)c(C)o2)s1. The van der Waals surface area contributed by atoms with Gasteiger partial charge >= 0.3 is 0 Å². The number of nitrogens with zero attached hydrogens (tertiary/aromatic N) is 2. The fourth-order valence-corrected chi connectivity index (χ4v) is 4.66. The van der Waals surface area contributed by atoms with Crippen molar-refractivity contribution in [2.45, 2.75) is 58.2 Å². The number of hydrogen-bond donors (Lipinski definition) is 0. The Kier molecular flexibility index (Phi) is 5.30. The standard InChI is InChI=1S/C20H26N2O5S/c1-12-9-22(11-23)17(10-24-12)20(4)25-8-7-15(27-20)18-14(3)26-19(21-18)16-6-5-13(2)28-16/h5-6,11-12,15,17H,7-10H2,1-4H3/t12-,15?,17?,20+/m1/s1. The van der Waals surface area contributed by atoms with Crippen LogP contribution in [-0.2, 0) is 19.0 Å². The topological polar surface area (TPSA) is 74.0 Å². The number of amides is 1. The van der Waals surface area contributed by atoms with E-state index < -0.39 is 5.79 Å². The Morgan fingerprint density at radius 3 is 2.89 bits per heavy atom. The third-order valence-electron chi connectivity index (χ3n) is 5.38. The van der Waals surface area contributed by atoms with Gasteiger partial charge in [0.15, 0.2) is 5.79 Å². The van der Waals surface area contributed by atoms with E-state index in [1.165, 1.54) is 4.88 Å². The molecule has 0 aliphatic carbocycles. The molecule has 2 saturated heterocycles. The average Bonchev–Trinajstić information content (AvgIpc) is 3.27. The van der Waals surface area contributed by atoms with Crippen molar-refractivity contribution in [3.8, 4) is 10.8 Å². The summed E-state index contributed by atoms with van der Waals surface area (Å²) in [6.45, 7) is 9.20. The number of carbonyl (C=O) groups is 1. The molecule has 2 unspecified atom stereocenters. The van der Waals surface area contributed by atoms with E-state index in [0.29, 0.717) is 32.1 Å². The number of morpholine rings is 1. The lowest BCUT2D eigenvalue weighted by molar-refractivity contribution is -0.321. The van der Waals surface area contributed by atoms with Gasteiger partial charge in [0.25, 0.3) is 0 Å². The van der Waals surface area contributed by atoms with Crippen molar-refractivity contribution in [3.05, 3.63) is 28.5 Å². The molecular weight excluding hydrogens is 380 g/mol. The van der Waals surface area contributed by atoms with Crippen molar-refractivity contribution in [3.63, 3.8) is 0 Å². The van der Waals surface area contributed by atoms with Crippen molar-refractivity contribution in [2.24, 2.45) is 0 Å². The first-order valence-electron chi connectivity index (χ1n) is 9.58. The van der Waals surface area contributed by atoms with Gasteiger partial charge in [-0.2, -0.15) is 0 Å². The van der Waals surface area contributed by atoms with Crippen LogP contribution in [0.25, 0.3) is 10.8 Å². The molecule has 0 bridgehead atoms. The van der Waals surface area contributed by atoms with Crippen LogP contribution in [0.15, 0.2) is 16.5 Å². The molecule has 28 heavy (non-hydrogen) atoms. The molecule has 2 aromatic rings. The Bertz CT molecular complexity index is 850. The van der Waals surface area contributed by atoms with E-state index in [9.17, 15) is 4.79 Å². The lowest BCUT2D eigenvalue weighted by atomic mass is 10.0. The monoisotopic (exact) mass is 406 g/mol. The van der Waals surface area contributed by atoms with Crippen LogP contribution in [0, 0.1) is 13.8 Å². The number of oxazole rings is 1. The number of ether oxygens (including phenoxy) is 3. The molecule has 0 aromatic carbocycles. The van der Waals surface area contributed by atoms with E-state index in [1.807, 2.05) is 26.8 Å². The van der Waals surface area contributed by atoms with Crippen LogP contribution in [0.3, 0.4) is 0 Å². The van der Waals surface area contributed by atoms with Crippen molar-refractivity contribution >= 4 is 17.7 Å². The summed E-state index contributed by atoms with van der Waals surface area (Å²) in [6, 6.07) is 3.77. The van der Waals surface area contributed by atoms with Gasteiger partial charge in [0.1, 0.15) is 23.6 Å². The van der Waals surface area contributed by atoms with E-state index in [2.05, 4.69) is 13.0 Å². The molecule has 0 radical (unpaired) electrons. The zero-order chi connectivity index (χ0) is 19.9. The van der Waals surface area contributed by atoms with Crippen LogP contribution >= 0.6 is 11.3 Å². The number of thiophene rings is 1. The average molecular weight is 407 g/mol. The summed E-state index contributed by atoms with van der Waals surface area (Å²) in [5.41, 5.74) is 0.790. The minimum absolute atomic E-state index is 0.000895. The van der Waals surface area contributed by atoms with Crippen LogP contribution in [-0.4, -0.2) is 54.0 Å². The first-order valence-corrected chi connectivity index (χ1v) is 10.4. The van der Waals surface area contributed by atoms with Gasteiger partial charge in [0.05, 0.1) is 24.2 Å². The maximum Gasteiger partial charge on any atom is 0.236 e. The van der Waals surface area contributed by atoms with Gasteiger partial charge in [0.2, 0.25) is 12.3 Å². The van der Waals surface area contributed by atoms with Gasteiger partial charge < -0.3 is 23.5 Å². The fraction of sp³-hybridized carbons (Fsp3) is 0.600. The highest BCUT2D eigenvalue weighted by Crippen LogP contribution is 2.39. The highest BCUT2D eigenvalue weighted by atomic mass is 32.1. The van der Waals surface area contributed by atoms with Gasteiger partial charge in [-0.05, 0) is 39.8 Å². The molecule has 0 spiro atoms. The summed E-state index contributed by atoms with van der Waals surface area (Å²) in [4.78, 5) is 20.3. The maximum absolute atomic E-state index is 11.6. The predicted molar refractivity (Wildman–Crippen MR) is 104 cm³/mol. The van der Waals surface area contributed by atoms with Gasteiger partial charge in [-0.25, -0.2) is 4.98 Å². The van der Waals surface area contributed by atoms with Gasteiger partial charge in [0, 0.05) is 17.8 Å². The van der Waals surface area contributed by atoms with E-state index >= 15 is 0 Å². The van der Waals surface area contributed by atoms with E-state index in [4.69, 9.17) is 23.6 Å². The highest BCUT2D eigenvalue weighted by Gasteiger charge is 2.47. The largest absolute Gasteiger partial charge is 0.440 e. The lowest BCUT2D eigenvalue weighted by Gasteiger charge is -2.48. The van der Waals surface area contributed by atoms with Crippen molar-refractivity contribution < 1.29 is 23.4 Å². The minimum Gasteiger partial charge on any atom is -0.440 e. The van der Waals surface area contributed by atoms with Crippen LogP contribution in [0.5, 0.6) is 0 Å². The van der Waals surface area contributed by atoms with Crippen LogP contribution < -0.4 is 0 Å². The molecule has 7 nitrogen and oxygen atoms in total. The Balaban J connectivity index is 1.57. The molecular formula is C20H26N2O5S. The Morgan fingerprint density at radius 2 is 2.18 bits per heavy atom. The minimum atomic E-state index is -0.963. The van der Waals surface area contributed by atoms with E-state index in [1.54, 1.807) is 16.2 Å². The quantitative estimate of drug-likeness (QED) is 0.724. The second kappa shape index (κ2) is 7.59. The van der Waals surface area contributed by atoms with Crippen LogP contribution in [0.1, 0.15) is 42.7 Å². The maximum atomic E-state index is 11.6. The second-order valence-corrected chi connectivity index (χ2v) is 8.88. The summed E-state index contributed by atoms with van der Waals surface area (Å²) >= 11 is 1.65. The lowest BCUT2D eigenvalue weighted by Crippen LogP contribution is -2.62. The molecule has 2 aromatic heterocycles. The summed E-state index contributed by atoms with van der Waals surface area (Å²) in [5.74, 6) is 0.400. The Hall–Kier alpha value is -1.74. The number of aryl methyl sites for hydroxylation is 2. The first kappa shape index (κ1) is 19.6. The molecule has 0 N–H and O–H groups in total. The number of carbonyl (C=O) groups excluding carboxylic acids is 1. The zero-order valence-electron chi connectivity index (χ0n) is 16.6. The predicted octanol–water partition coefficient (Wildman–Crippen LogP) is 3.46. The molecule has 8 heteroatoms. The molecule has 4 atom stereocenters. The molecule has 4 heterocycles. The summed E-state index contributed by atoms with van der Waals surface area (Å²) in [6.07, 6.45) is 1.27. The molecule has 2 aliphatic rings. The summed E-state index contributed by atoms with van der Waals surface area (Å²) < 4.78 is 24.1. The van der Waals surface area contributed by atoms with Gasteiger partial charge in [-0.15, -0.1) is 11.3 Å². The Labute approximate surface area is 168 Å². The number of hydrogen-bond acceptors (Lipinski definition) is 7. The zero-order valence-corrected chi connectivity index (χ0v) is 17.5. The molecule has 152 valence electrons. The van der Waals surface area contributed by atoms with Crippen molar-refractivity contribution in [1.29, 1.82) is 0 Å². The summed E-state index contributed by atoms with van der Waals surface area (Å²) in [5, 5.41) is 0. The van der Waals surface area contributed by atoms with Gasteiger partial charge in [-0.1, -0.05) is 0 Å². The molecule has 2 aliphatic heterocycles. The smallest absolute Gasteiger partial charge is 0.236 e. The third kappa shape index (κ3) is 3.61. The normalized spacial score (nSPS) is 31.1. The summed E-state index contributed by atoms with van der Waals surface area (Å²) in [7, 11) is 0. The Morgan fingerprint density at radius 1 is 1.36 bits per heavy atom. The van der Waals surface area contributed by atoms with Crippen molar-refractivity contribution in [2.75, 3.05) is 19.8 Å². The number of aromatic nitrogens is 1.